The molecule has 0 aliphatic carbocycles. The average Bonchev–Trinajstić information content (AvgIpc) is 2.15. The Morgan fingerprint density at radius 1 is 1.27 bits per heavy atom. The van der Waals surface area contributed by atoms with E-state index in [1.54, 1.807) is 0 Å². The number of alkyl halides is 3. The van der Waals surface area contributed by atoms with E-state index in [2.05, 4.69) is 17.6 Å². The summed E-state index contributed by atoms with van der Waals surface area (Å²) in [6, 6.07) is 4.50. The fraction of sp³-hybridized carbons (Fsp3) is 0.125. The Bertz CT molecular complexity index is 350. The second-order valence-corrected chi connectivity index (χ2v) is 2.74. The Hall–Kier alpha value is -1.37. The minimum Gasteiger partial charge on any atom is -0.406 e. The van der Waals surface area contributed by atoms with Gasteiger partial charge in [-0.2, -0.15) is 0 Å². The Morgan fingerprint density at radius 2 is 1.80 bits per heavy atom. The molecule has 0 saturated heterocycles. The third kappa shape index (κ3) is 3.70. The van der Waals surface area contributed by atoms with Crippen molar-refractivity contribution in [1.82, 2.24) is 4.72 Å². The monoisotopic (exact) mass is 237 g/mol. The van der Waals surface area contributed by atoms with Crippen LogP contribution in [-0.4, -0.2) is 12.3 Å². The van der Waals surface area contributed by atoms with Gasteiger partial charge < -0.3 is 4.74 Å². The highest BCUT2D eigenvalue weighted by molar-refractivity contribution is 7.78. The van der Waals surface area contributed by atoms with Crippen LogP contribution in [0.3, 0.4) is 0 Å². The van der Waals surface area contributed by atoms with Crippen LogP contribution in [0.25, 0.3) is 0 Å². The molecule has 0 heterocycles. The molecule has 7 heteroatoms. The minimum absolute atomic E-state index is 0.194. The van der Waals surface area contributed by atoms with E-state index < -0.39 is 12.3 Å². The molecular weight excluding hydrogens is 231 g/mol. The lowest BCUT2D eigenvalue weighted by Crippen LogP contribution is -2.17. The zero-order chi connectivity index (χ0) is 11.5. The number of nitrogens with one attached hydrogen (secondary N) is 1. The van der Waals surface area contributed by atoms with Crippen molar-refractivity contribution in [2.75, 3.05) is 0 Å². The van der Waals surface area contributed by atoms with Crippen LogP contribution in [-0.2, 0) is 0 Å². The van der Waals surface area contributed by atoms with Crippen molar-refractivity contribution in [3.63, 3.8) is 0 Å². The molecule has 0 saturated carbocycles. The van der Waals surface area contributed by atoms with Crippen molar-refractivity contribution in [3.05, 3.63) is 29.8 Å². The number of hydrogen-bond donors (Lipinski definition) is 2. The van der Waals surface area contributed by atoms with Crippen molar-refractivity contribution in [2.45, 2.75) is 6.36 Å². The van der Waals surface area contributed by atoms with Gasteiger partial charge in [-0.15, -0.1) is 13.2 Å². The van der Waals surface area contributed by atoms with Crippen molar-refractivity contribution >= 4 is 18.7 Å². The van der Waals surface area contributed by atoms with Gasteiger partial charge in [0.15, 0.2) is 0 Å². The molecule has 0 unspecified atom stereocenters. The van der Waals surface area contributed by atoms with E-state index >= 15 is 0 Å². The van der Waals surface area contributed by atoms with Gasteiger partial charge in [0.25, 0.3) is 5.91 Å². The number of carbonyl (C=O) groups is 1. The summed E-state index contributed by atoms with van der Waals surface area (Å²) in [7, 11) is 0. The summed E-state index contributed by atoms with van der Waals surface area (Å²) in [6.07, 6.45) is -4.73. The fourth-order valence-corrected chi connectivity index (χ4v) is 1.00. The second-order valence-electron chi connectivity index (χ2n) is 2.51. The molecule has 1 aromatic carbocycles. The summed E-state index contributed by atoms with van der Waals surface area (Å²) in [4.78, 5) is 11.0. The molecule has 1 N–H and O–H groups in total. The topological polar surface area (TPSA) is 38.3 Å². The Morgan fingerprint density at radius 3 is 2.20 bits per heavy atom. The lowest BCUT2D eigenvalue weighted by molar-refractivity contribution is -0.274. The van der Waals surface area contributed by atoms with E-state index in [0.29, 0.717) is 0 Å². The van der Waals surface area contributed by atoms with Crippen LogP contribution in [0.15, 0.2) is 24.3 Å². The molecule has 1 aromatic rings. The summed E-state index contributed by atoms with van der Waals surface area (Å²) < 4.78 is 40.9. The molecule has 1 amide bonds. The molecule has 0 aliphatic heterocycles. The number of benzene rings is 1. The van der Waals surface area contributed by atoms with Gasteiger partial charge >= 0.3 is 6.36 Å². The van der Waals surface area contributed by atoms with Gasteiger partial charge in [-0.3, -0.25) is 9.52 Å². The smallest absolute Gasteiger partial charge is 0.406 e. The van der Waals surface area contributed by atoms with Gasteiger partial charge in [0.1, 0.15) is 5.75 Å². The molecule has 0 atom stereocenters. The van der Waals surface area contributed by atoms with Crippen LogP contribution in [0.4, 0.5) is 13.2 Å². The van der Waals surface area contributed by atoms with Crippen molar-refractivity contribution in [3.8, 4) is 5.75 Å². The predicted molar refractivity (Wildman–Crippen MR) is 49.6 cm³/mol. The first-order valence-electron chi connectivity index (χ1n) is 3.72. The fourth-order valence-electron chi connectivity index (χ4n) is 0.873. The minimum atomic E-state index is -4.73. The zero-order valence-corrected chi connectivity index (χ0v) is 8.10. The van der Waals surface area contributed by atoms with Crippen LogP contribution in [0.1, 0.15) is 10.4 Å². The summed E-state index contributed by atoms with van der Waals surface area (Å²) in [5, 5.41) is 0. The van der Waals surface area contributed by atoms with Crippen molar-refractivity contribution in [2.24, 2.45) is 0 Å². The molecule has 15 heavy (non-hydrogen) atoms. The Balaban J connectivity index is 2.77. The first-order chi connectivity index (χ1) is 6.92. The van der Waals surface area contributed by atoms with Gasteiger partial charge in [-0.05, 0) is 24.3 Å². The van der Waals surface area contributed by atoms with Crippen LogP contribution in [0.2, 0.25) is 0 Å². The Kier molecular flexibility index (Phi) is 3.46. The quantitative estimate of drug-likeness (QED) is 0.773. The van der Waals surface area contributed by atoms with Gasteiger partial charge in [-0.1, -0.05) is 12.8 Å². The molecule has 0 spiro atoms. The molecule has 3 nitrogen and oxygen atoms in total. The number of halogens is 3. The van der Waals surface area contributed by atoms with Gasteiger partial charge in [0.05, 0.1) is 0 Å². The zero-order valence-electron chi connectivity index (χ0n) is 7.21. The SMILES string of the molecule is O=C(NS)c1ccc(OC(F)(F)F)cc1. The van der Waals surface area contributed by atoms with Crippen LogP contribution >= 0.6 is 12.8 Å². The molecule has 0 aliphatic rings. The maximum atomic E-state index is 11.8. The summed E-state index contributed by atoms with van der Waals surface area (Å²) in [6.45, 7) is 0. The highest BCUT2D eigenvalue weighted by Gasteiger charge is 2.30. The van der Waals surface area contributed by atoms with E-state index in [1.807, 2.05) is 4.72 Å². The van der Waals surface area contributed by atoms with Crippen molar-refractivity contribution < 1.29 is 22.7 Å². The molecule has 0 radical (unpaired) electrons. The molecule has 0 bridgehead atoms. The molecule has 82 valence electrons. The first-order valence-corrected chi connectivity index (χ1v) is 4.17. The number of hydrogen-bond acceptors (Lipinski definition) is 3. The van der Waals surface area contributed by atoms with Crippen LogP contribution in [0.5, 0.6) is 5.75 Å². The van der Waals surface area contributed by atoms with Crippen LogP contribution in [0, 0.1) is 0 Å². The molecular formula is C8H6F3NO2S. The average molecular weight is 237 g/mol. The van der Waals surface area contributed by atoms with E-state index in [1.165, 1.54) is 12.1 Å². The number of carbonyl (C=O) groups excluding carboxylic acids is 1. The highest BCUT2D eigenvalue weighted by atomic mass is 32.1. The number of amides is 1. The summed E-state index contributed by atoms with van der Waals surface area (Å²) in [5.74, 6) is -0.880. The van der Waals surface area contributed by atoms with Gasteiger partial charge in [0, 0.05) is 5.56 Å². The number of ether oxygens (including phenoxy) is 1. The van der Waals surface area contributed by atoms with E-state index in [9.17, 15) is 18.0 Å². The molecule has 0 aromatic heterocycles. The highest BCUT2D eigenvalue weighted by Crippen LogP contribution is 2.22. The maximum Gasteiger partial charge on any atom is 0.573 e. The molecule has 1 rings (SSSR count). The summed E-state index contributed by atoms with van der Waals surface area (Å²) >= 11 is 3.51. The van der Waals surface area contributed by atoms with Crippen molar-refractivity contribution in [1.29, 1.82) is 0 Å². The summed E-state index contributed by atoms with van der Waals surface area (Å²) in [5.41, 5.74) is 0.194. The van der Waals surface area contributed by atoms with E-state index in [-0.39, 0.29) is 11.3 Å². The lowest BCUT2D eigenvalue weighted by atomic mass is 10.2. The van der Waals surface area contributed by atoms with Crippen LogP contribution < -0.4 is 9.46 Å². The third-order valence-corrected chi connectivity index (χ3v) is 1.65. The maximum absolute atomic E-state index is 11.8. The van der Waals surface area contributed by atoms with E-state index in [4.69, 9.17) is 0 Å². The third-order valence-electron chi connectivity index (χ3n) is 1.45. The number of rotatable bonds is 2. The standard InChI is InChI=1S/C8H6F3NO2S/c9-8(10,11)14-6-3-1-5(2-4-6)7(13)12-15/h1-4,15H,(H,12,13). The Labute approximate surface area is 88.8 Å². The largest absolute Gasteiger partial charge is 0.573 e. The van der Waals surface area contributed by atoms with Gasteiger partial charge in [0.2, 0.25) is 0 Å². The van der Waals surface area contributed by atoms with Gasteiger partial charge in [-0.25, -0.2) is 0 Å². The molecule has 0 fully saturated rings. The first kappa shape index (κ1) is 11.7. The lowest BCUT2D eigenvalue weighted by Gasteiger charge is -2.08. The predicted octanol–water partition coefficient (Wildman–Crippen LogP) is 2.16. The normalized spacial score (nSPS) is 10.9. The number of thiol groups is 1. The van der Waals surface area contributed by atoms with E-state index in [0.717, 1.165) is 12.1 Å². The second kappa shape index (κ2) is 4.43.